The van der Waals surface area contributed by atoms with Crippen molar-refractivity contribution in [2.24, 2.45) is 5.10 Å². The van der Waals surface area contributed by atoms with E-state index in [1.807, 2.05) is 24.3 Å². The number of nitrogens with zero attached hydrogens (tertiary/aromatic N) is 3. The molecule has 1 heterocycles. The SMILES string of the molecule is O=C(c1ccc(F)cc1)N(/N=C/c1ccc(Br)cc1)c1nc2ccc(F)cc2s1. The fourth-order valence-corrected chi connectivity index (χ4v) is 3.76. The lowest BCUT2D eigenvalue weighted by molar-refractivity contribution is 0.0988. The molecule has 0 fully saturated rings. The topological polar surface area (TPSA) is 45.6 Å². The average molecular weight is 472 g/mol. The minimum Gasteiger partial charge on any atom is -0.267 e. The van der Waals surface area contributed by atoms with Gasteiger partial charge in [0.05, 0.1) is 16.4 Å². The Morgan fingerprint density at radius 3 is 2.41 bits per heavy atom. The van der Waals surface area contributed by atoms with Gasteiger partial charge in [-0.1, -0.05) is 39.4 Å². The summed E-state index contributed by atoms with van der Waals surface area (Å²) in [6.45, 7) is 0. The number of halogens is 3. The number of fused-ring (bicyclic) bond motifs is 1. The van der Waals surface area contributed by atoms with E-state index in [2.05, 4.69) is 26.0 Å². The molecule has 1 amide bonds. The largest absolute Gasteiger partial charge is 0.280 e. The maximum Gasteiger partial charge on any atom is 0.280 e. The van der Waals surface area contributed by atoms with Crippen LogP contribution in [0.4, 0.5) is 13.9 Å². The van der Waals surface area contributed by atoms with Gasteiger partial charge in [-0.2, -0.15) is 10.1 Å². The molecule has 0 atom stereocenters. The Bertz CT molecular complexity index is 1210. The zero-order chi connectivity index (χ0) is 20.4. The van der Waals surface area contributed by atoms with Gasteiger partial charge in [0.25, 0.3) is 5.91 Å². The van der Waals surface area contributed by atoms with E-state index in [0.717, 1.165) is 26.4 Å². The molecule has 8 heteroatoms. The Labute approximate surface area is 177 Å². The van der Waals surface area contributed by atoms with Crippen LogP contribution in [0, 0.1) is 11.6 Å². The molecule has 4 aromatic rings. The normalized spacial score (nSPS) is 11.3. The van der Waals surface area contributed by atoms with Crippen LogP contribution in [-0.2, 0) is 0 Å². The van der Waals surface area contributed by atoms with Crippen LogP contribution in [0.25, 0.3) is 10.2 Å². The molecule has 0 spiro atoms. The Morgan fingerprint density at radius 2 is 1.69 bits per heavy atom. The number of anilines is 1. The number of thiazole rings is 1. The Kier molecular flexibility index (Phi) is 5.46. The van der Waals surface area contributed by atoms with Gasteiger partial charge < -0.3 is 0 Å². The van der Waals surface area contributed by atoms with E-state index in [-0.39, 0.29) is 16.5 Å². The summed E-state index contributed by atoms with van der Waals surface area (Å²) in [5.41, 5.74) is 1.59. The first-order chi connectivity index (χ1) is 14.0. The van der Waals surface area contributed by atoms with Crippen LogP contribution >= 0.6 is 27.3 Å². The Morgan fingerprint density at radius 1 is 1.00 bits per heavy atom. The summed E-state index contributed by atoms with van der Waals surface area (Å²) >= 11 is 4.51. The second-order valence-corrected chi connectivity index (χ2v) is 7.95. The third-order valence-corrected chi connectivity index (χ3v) is 5.52. The molecule has 0 unspecified atom stereocenters. The molecule has 0 N–H and O–H groups in total. The highest BCUT2D eigenvalue weighted by molar-refractivity contribution is 9.10. The van der Waals surface area contributed by atoms with Crippen molar-refractivity contribution in [3.63, 3.8) is 0 Å². The van der Waals surface area contributed by atoms with E-state index in [0.29, 0.717) is 10.2 Å². The molecule has 0 radical (unpaired) electrons. The van der Waals surface area contributed by atoms with Gasteiger partial charge in [0.1, 0.15) is 11.6 Å². The lowest BCUT2D eigenvalue weighted by Gasteiger charge is -2.13. The zero-order valence-electron chi connectivity index (χ0n) is 14.7. The third kappa shape index (κ3) is 4.38. The van der Waals surface area contributed by atoms with Crippen molar-refractivity contribution in [3.8, 4) is 0 Å². The molecule has 0 aliphatic carbocycles. The molecule has 0 saturated carbocycles. The summed E-state index contributed by atoms with van der Waals surface area (Å²) in [5, 5.41) is 5.74. The molecule has 29 heavy (non-hydrogen) atoms. The molecular formula is C21H12BrF2N3OS. The van der Waals surface area contributed by atoms with Crippen LogP contribution in [0.1, 0.15) is 15.9 Å². The molecule has 3 aromatic carbocycles. The van der Waals surface area contributed by atoms with Crippen LogP contribution in [0.3, 0.4) is 0 Å². The number of amides is 1. The van der Waals surface area contributed by atoms with Crippen molar-refractivity contribution in [2.75, 3.05) is 5.01 Å². The molecule has 0 aliphatic rings. The fourth-order valence-electron chi connectivity index (χ4n) is 2.55. The maximum atomic E-state index is 13.5. The van der Waals surface area contributed by atoms with Gasteiger partial charge >= 0.3 is 0 Å². The lowest BCUT2D eigenvalue weighted by atomic mass is 10.2. The van der Waals surface area contributed by atoms with Crippen LogP contribution in [0.15, 0.2) is 76.3 Å². The summed E-state index contributed by atoms with van der Waals surface area (Å²) in [6, 6.07) is 16.8. The Balaban J connectivity index is 1.75. The van der Waals surface area contributed by atoms with E-state index < -0.39 is 11.7 Å². The molecular weight excluding hydrogens is 460 g/mol. The monoisotopic (exact) mass is 471 g/mol. The van der Waals surface area contributed by atoms with E-state index in [1.165, 1.54) is 42.6 Å². The summed E-state index contributed by atoms with van der Waals surface area (Å²) in [4.78, 5) is 17.5. The predicted octanol–water partition coefficient (Wildman–Crippen LogP) is 6.02. The maximum absolute atomic E-state index is 13.5. The van der Waals surface area contributed by atoms with Crippen LogP contribution in [0.5, 0.6) is 0 Å². The number of carbonyl (C=O) groups is 1. The predicted molar refractivity (Wildman–Crippen MR) is 115 cm³/mol. The number of hydrazone groups is 1. The van der Waals surface area contributed by atoms with Crippen molar-refractivity contribution in [1.82, 2.24) is 4.98 Å². The molecule has 0 bridgehead atoms. The van der Waals surface area contributed by atoms with Crippen molar-refractivity contribution in [3.05, 3.63) is 94.0 Å². The van der Waals surface area contributed by atoms with E-state index in [4.69, 9.17) is 0 Å². The van der Waals surface area contributed by atoms with Gasteiger partial charge in [-0.3, -0.25) is 4.79 Å². The van der Waals surface area contributed by atoms with Crippen molar-refractivity contribution >= 4 is 54.7 Å². The van der Waals surface area contributed by atoms with Crippen LogP contribution in [0.2, 0.25) is 0 Å². The quantitative estimate of drug-likeness (QED) is 0.270. The first-order valence-electron chi connectivity index (χ1n) is 8.45. The number of benzene rings is 3. The summed E-state index contributed by atoms with van der Waals surface area (Å²) in [5.74, 6) is -1.30. The van der Waals surface area contributed by atoms with Gasteiger partial charge in [0.2, 0.25) is 5.13 Å². The van der Waals surface area contributed by atoms with Gasteiger partial charge in [0, 0.05) is 10.0 Å². The third-order valence-electron chi connectivity index (χ3n) is 4.00. The molecule has 4 rings (SSSR count). The summed E-state index contributed by atoms with van der Waals surface area (Å²) < 4.78 is 28.3. The fraction of sp³-hybridized carbons (Fsp3) is 0. The number of rotatable bonds is 4. The zero-order valence-corrected chi connectivity index (χ0v) is 17.1. The van der Waals surface area contributed by atoms with Crippen molar-refractivity contribution in [2.45, 2.75) is 0 Å². The highest BCUT2D eigenvalue weighted by Gasteiger charge is 2.21. The van der Waals surface area contributed by atoms with E-state index >= 15 is 0 Å². The average Bonchev–Trinajstić information content (AvgIpc) is 3.12. The van der Waals surface area contributed by atoms with Crippen LogP contribution in [-0.4, -0.2) is 17.1 Å². The molecule has 4 nitrogen and oxygen atoms in total. The molecule has 0 aliphatic heterocycles. The summed E-state index contributed by atoms with van der Waals surface area (Å²) in [7, 11) is 0. The second kappa shape index (κ2) is 8.18. The van der Waals surface area contributed by atoms with Gasteiger partial charge in [-0.25, -0.2) is 13.8 Å². The smallest absolute Gasteiger partial charge is 0.267 e. The first-order valence-corrected chi connectivity index (χ1v) is 10.1. The lowest BCUT2D eigenvalue weighted by Crippen LogP contribution is -2.25. The van der Waals surface area contributed by atoms with E-state index in [1.54, 1.807) is 6.07 Å². The molecule has 0 saturated heterocycles. The van der Waals surface area contributed by atoms with Crippen molar-refractivity contribution < 1.29 is 13.6 Å². The van der Waals surface area contributed by atoms with Gasteiger partial charge in [-0.15, -0.1) is 0 Å². The van der Waals surface area contributed by atoms with Crippen LogP contribution < -0.4 is 5.01 Å². The van der Waals surface area contributed by atoms with Crippen molar-refractivity contribution in [1.29, 1.82) is 0 Å². The van der Waals surface area contributed by atoms with Gasteiger partial charge in [0.15, 0.2) is 0 Å². The minimum atomic E-state index is -0.474. The molecule has 144 valence electrons. The van der Waals surface area contributed by atoms with E-state index in [9.17, 15) is 13.6 Å². The molecule has 1 aromatic heterocycles. The highest BCUT2D eigenvalue weighted by atomic mass is 79.9. The first kappa shape index (κ1) is 19.4. The summed E-state index contributed by atoms with van der Waals surface area (Å²) in [6.07, 6.45) is 1.53. The standard InChI is InChI=1S/C21H12BrF2N3OS/c22-15-5-1-13(2-6-15)12-25-27(20(28)14-3-7-16(23)8-4-14)21-26-18-10-9-17(24)11-19(18)29-21/h1-12H/b25-12+. The van der Waals surface area contributed by atoms with Gasteiger partial charge in [-0.05, 0) is 60.2 Å². The minimum absolute atomic E-state index is 0.254. The highest BCUT2D eigenvalue weighted by Crippen LogP contribution is 2.30. The number of hydrogen-bond donors (Lipinski definition) is 0. The Hall–Kier alpha value is -2.97. The number of aromatic nitrogens is 1. The second-order valence-electron chi connectivity index (χ2n) is 6.03. The number of hydrogen-bond acceptors (Lipinski definition) is 4. The number of carbonyl (C=O) groups excluding carboxylic acids is 1.